The lowest BCUT2D eigenvalue weighted by Crippen LogP contribution is -2.30. The van der Waals surface area contributed by atoms with Crippen LogP contribution in [0.15, 0.2) is 30.6 Å². The van der Waals surface area contributed by atoms with Gasteiger partial charge in [-0.2, -0.15) is 5.10 Å². The average molecular weight is 420 g/mol. The minimum absolute atomic E-state index is 0.0935. The number of carbonyl (C=O) groups is 1. The number of rotatable bonds is 6. The van der Waals surface area contributed by atoms with Crippen LogP contribution in [0.4, 0.5) is 5.69 Å². The van der Waals surface area contributed by atoms with Crippen molar-refractivity contribution in [1.29, 1.82) is 0 Å². The topological polar surface area (TPSA) is 71.8 Å². The van der Waals surface area contributed by atoms with Gasteiger partial charge in [0.1, 0.15) is 0 Å². The number of anilines is 1. The molecule has 6 heteroatoms. The highest BCUT2D eigenvalue weighted by Crippen LogP contribution is 2.30. The molecule has 1 fully saturated rings. The SMILES string of the molecule is CCn1ncc2c(NC3CCCCC3)c(C(=O)NC(C)c3cccc(C)c3C)cnc21. The zero-order valence-corrected chi connectivity index (χ0v) is 19.0. The maximum Gasteiger partial charge on any atom is 0.255 e. The Balaban J connectivity index is 1.67. The normalized spacial score (nSPS) is 15.7. The summed E-state index contributed by atoms with van der Waals surface area (Å²) < 4.78 is 1.88. The van der Waals surface area contributed by atoms with Crippen LogP contribution in [0.3, 0.4) is 0 Å². The van der Waals surface area contributed by atoms with Crippen LogP contribution in [0.2, 0.25) is 0 Å². The highest BCUT2D eigenvalue weighted by atomic mass is 16.1. The molecular weight excluding hydrogens is 386 g/mol. The summed E-state index contributed by atoms with van der Waals surface area (Å²) in [6.07, 6.45) is 9.54. The summed E-state index contributed by atoms with van der Waals surface area (Å²) >= 11 is 0. The van der Waals surface area contributed by atoms with Gasteiger partial charge in [0, 0.05) is 18.8 Å². The molecule has 1 unspecified atom stereocenters. The van der Waals surface area contributed by atoms with Gasteiger partial charge in [-0.1, -0.05) is 37.5 Å². The van der Waals surface area contributed by atoms with Crippen molar-refractivity contribution < 1.29 is 4.79 Å². The lowest BCUT2D eigenvalue weighted by atomic mass is 9.95. The predicted molar refractivity (Wildman–Crippen MR) is 125 cm³/mol. The molecule has 0 spiro atoms. The van der Waals surface area contributed by atoms with Crippen molar-refractivity contribution in [2.24, 2.45) is 0 Å². The van der Waals surface area contributed by atoms with Gasteiger partial charge in [0.05, 0.1) is 28.9 Å². The molecule has 1 amide bonds. The molecule has 2 heterocycles. The van der Waals surface area contributed by atoms with E-state index in [9.17, 15) is 4.79 Å². The predicted octanol–water partition coefficient (Wildman–Crippen LogP) is 5.30. The molecule has 0 bridgehead atoms. The van der Waals surface area contributed by atoms with Crippen LogP contribution in [-0.4, -0.2) is 26.7 Å². The molecule has 2 N–H and O–H groups in total. The van der Waals surface area contributed by atoms with E-state index in [1.54, 1.807) is 6.20 Å². The van der Waals surface area contributed by atoms with Gasteiger partial charge in [-0.3, -0.25) is 4.79 Å². The van der Waals surface area contributed by atoms with Crippen molar-refractivity contribution in [2.75, 3.05) is 5.32 Å². The smallest absolute Gasteiger partial charge is 0.255 e. The van der Waals surface area contributed by atoms with Crippen LogP contribution in [0.5, 0.6) is 0 Å². The lowest BCUT2D eigenvalue weighted by Gasteiger charge is -2.26. The fraction of sp³-hybridized carbons (Fsp3) is 0.480. The summed E-state index contributed by atoms with van der Waals surface area (Å²) in [7, 11) is 0. The Morgan fingerprint density at radius 2 is 1.97 bits per heavy atom. The van der Waals surface area contributed by atoms with E-state index >= 15 is 0 Å². The maximum absolute atomic E-state index is 13.4. The number of hydrogen-bond donors (Lipinski definition) is 2. The monoisotopic (exact) mass is 419 g/mol. The molecule has 2 aromatic heterocycles. The maximum atomic E-state index is 13.4. The second-order valence-electron chi connectivity index (χ2n) is 8.71. The van der Waals surface area contributed by atoms with E-state index in [1.807, 2.05) is 23.9 Å². The van der Waals surface area contributed by atoms with Crippen LogP contribution in [0.25, 0.3) is 11.0 Å². The summed E-state index contributed by atoms with van der Waals surface area (Å²) in [5.41, 5.74) is 5.86. The van der Waals surface area contributed by atoms with Gasteiger partial charge in [-0.15, -0.1) is 0 Å². The standard InChI is InChI=1S/C25H33N5O/c1-5-30-24-21(15-27-30)23(29-19-11-7-6-8-12-19)22(14-26-24)25(31)28-18(4)20-13-9-10-16(2)17(20)3/h9-10,13-15,18-19H,5-8,11-12H2,1-4H3,(H,26,29)(H,28,31). The van der Waals surface area contributed by atoms with Crippen molar-refractivity contribution in [3.63, 3.8) is 0 Å². The van der Waals surface area contributed by atoms with E-state index in [2.05, 4.69) is 53.6 Å². The van der Waals surface area contributed by atoms with Gasteiger partial charge in [0.2, 0.25) is 0 Å². The fourth-order valence-corrected chi connectivity index (χ4v) is 4.63. The lowest BCUT2D eigenvalue weighted by molar-refractivity contribution is 0.0940. The first-order valence-corrected chi connectivity index (χ1v) is 11.5. The molecule has 4 rings (SSSR count). The Kier molecular flexibility index (Phi) is 6.25. The van der Waals surface area contributed by atoms with Gasteiger partial charge < -0.3 is 10.6 Å². The molecule has 1 aliphatic rings. The van der Waals surface area contributed by atoms with Crippen LogP contribution < -0.4 is 10.6 Å². The van der Waals surface area contributed by atoms with E-state index in [4.69, 9.17) is 0 Å². The Morgan fingerprint density at radius 1 is 1.19 bits per heavy atom. The summed E-state index contributed by atoms with van der Waals surface area (Å²) in [5, 5.41) is 12.3. The Labute approximate surface area is 184 Å². The zero-order chi connectivity index (χ0) is 22.0. The molecule has 1 aliphatic carbocycles. The van der Waals surface area contributed by atoms with Crippen LogP contribution >= 0.6 is 0 Å². The number of aromatic nitrogens is 3. The number of nitrogens with zero attached hydrogens (tertiary/aromatic N) is 3. The number of aryl methyl sites for hydroxylation is 2. The van der Waals surface area contributed by atoms with E-state index in [-0.39, 0.29) is 11.9 Å². The molecule has 1 saturated carbocycles. The van der Waals surface area contributed by atoms with Gasteiger partial charge in [-0.25, -0.2) is 9.67 Å². The summed E-state index contributed by atoms with van der Waals surface area (Å²) in [5.74, 6) is -0.106. The quantitative estimate of drug-likeness (QED) is 0.568. The highest BCUT2D eigenvalue weighted by molar-refractivity contribution is 6.06. The van der Waals surface area contributed by atoms with Crippen LogP contribution in [-0.2, 0) is 6.54 Å². The summed E-state index contributed by atoms with van der Waals surface area (Å²) in [6, 6.07) is 6.52. The second kappa shape index (κ2) is 9.08. The number of amides is 1. The molecule has 6 nitrogen and oxygen atoms in total. The minimum Gasteiger partial charge on any atom is -0.381 e. The molecular formula is C25H33N5O. The summed E-state index contributed by atoms with van der Waals surface area (Å²) in [4.78, 5) is 18.0. The largest absolute Gasteiger partial charge is 0.381 e. The first-order valence-electron chi connectivity index (χ1n) is 11.5. The third kappa shape index (κ3) is 4.29. The van der Waals surface area contributed by atoms with Crippen molar-refractivity contribution >= 4 is 22.6 Å². The number of fused-ring (bicyclic) bond motifs is 1. The molecule has 0 saturated heterocycles. The van der Waals surface area contributed by atoms with Gasteiger partial charge in [-0.05, 0) is 57.2 Å². The molecule has 3 aromatic rings. The minimum atomic E-state index is -0.106. The molecule has 0 aliphatic heterocycles. The van der Waals surface area contributed by atoms with E-state index in [0.717, 1.165) is 41.7 Å². The third-order valence-electron chi connectivity index (χ3n) is 6.62. The van der Waals surface area contributed by atoms with Gasteiger partial charge in [0.15, 0.2) is 5.65 Å². The molecule has 164 valence electrons. The molecule has 1 atom stereocenters. The van der Waals surface area contributed by atoms with E-state index in [0.29, 0.717) is 11.6 Å². The first kappa shape index (κ1) is 21.3. The molecule has 31 heavy (non-hydrogen) atoms. The third-order valence-corrected chi connectivity index (χ3v) is 6.62. The number of benzene rings is 1. The van der Waals surface area contributed by atoms with Gasteiger partial charge in [0.25, 0.3) is 5.91 Å². The van der Waals surface area contributed by atoms with E-state index in [1.165, 1.54) is 30.4 Å². The number of pyridine rings is 1. The van der Waals surface area contributed by atoms with Crippen molar-refractivity contribution in [3.05, 3.63) is 52.8 Å². The van der Waals surface area contributed by atoms with Crippen LogP contribution in [0.1, 0.15) is 79.0 Å². The Hall–Kier alpha value is -2.89. The first-order chi connectivity index (χ1) is 15.0. The highest BCUT2D eigenvalue weighted by Gasteiger charge is 2.23. The van der Waals surface area contributed by atoms with Crippen molar-refractivity contribution in [2.45, 2.75) is 78.4 Å². The number of hydrogen-bond acceptors (Lipinski definition) is 4. The number of nitrogens with one attached hydrogen (secondary N) is 2. The number of carbonyl (C=O) groups excluding carboxylic acids is 1. The van der Waals surface area contributed by atoms with Crippen molar-refractivity contribution in [3.8, 4) is 0 Å². The van der Waals surface area contributed by atoms with Crippen LogP contribution in [0, 0.1) is 13.8 Å². The fourth-order valence-electron chi connectivity index (χ4n) is 4.63. The zero-order valence-electron chi connectivity index (χ0n) is 19.0. The molecule has 0 radical (unpaired) electrons. The van der Waals surface area contributed by atoms with Gasteiger partial charge >= 0.3 is 0 Å². The summed E-state index contributed by atoms with van der Waals surface area (Å²) in [6.45, 7) is 9.04. The Bertz CT molecular complexity index is 1080. The van der Waals surface area contributed by atoms with Crippen molar-refractivity contribution in [1.82, 2.24) is 20.1 Å². The average Bonchev–Trinajstić information content (AvgIpc) is 3.20. The Morgan fingerprint density at radius 3 is 2.71 bits per heavy atom. The van der Waals surface area contributed by atoms with E-state index < -0.39 is 0 Å². The molecule has 1 aromatic carbocycles. The second-order valence-corrected chi connectivity index (χ2v) is 8.71.